The van der Waals surface area contributed by atoms with Crippen LogP contribution < -0.4 is 0 Å². The Labute approximate surface area is 113 Å². The summed E-state index contributed by atoms with van der Waals surface area (Å²) >= 11 is 0. The van der Waals surface area contributed by atoms with Crippen molar-refractivity contribution in [3.05, 3.63) is 53.9 Å². The van der Waals surface area contributed by atoms with Gasteiger partial charge in [0.05, 0.1) is 11.5 Å². The molecular weight excluding hydrogens is 262 g/mol. The van der Waals surface area contributed by atoms with Gasteiger partial charge in [0.2, 0.25) is 0 Å². The van der Waals surface area contributed by atoms with E-state index >= 15 is 0 Å². The Kier molecular flexibility index (Phi) is 4.39. The lowest BCUT2D eigenvalue weighted by Crippen LogP contribution is -2.08. The zero-order valence-electron chi connectivity index (χ0n) is 10.8. The van der Waals surface area contributed by atoms with Crippen LogP contribution in [0.3, 0.4) is 0 Å². The SMILES string of the molecule is Cc1ccc(S(=O)(=O)OCCCc2ccc[nH]2)cc1. The summed E-state index contributed by atoms with van der Waals surface area (Å²) in [5.74, 6) is 0. The van der Waals surface area contributed by atoms with Gasteiger partial charge in [-0.15, -0.1) is 0 Å². The first-order valence-corrected chi connectivity index (χ1v) is 7.57. The first-order chi connectivity index (χ1) is 9.08. The fourth-order valence-corrected chi connectivity index (χ4v) is 2.67. The summed E-state index contributed by atoms with van der Waals surface area (Å²) in [4.78, 5) is 3.27. The number of hydrogen-bond acceptors (Lipinski definition) is 3. The number of aryl methyl sites for hydroxylation is 2. The Morgan fingerprint density at radius 1 is 1.16 bits per heavy atom. The molecule has 0 saturated heterocycles. The molecule has 4 nitrogen and oxygen atoms in total. The van der Waals surface area contributed by atoms with Gasteiger partial charge in [0.15, 0.2) is 0 Å². The third kappa shape index (κ3) is 3.94. The summed E-state index contributed by atoms with van der Waals surface area (Å²) in [6.07, 6.45) is 3.28. The Hall–Kier alpha value is -1.59. The van der Waals surface area contributed by atoms with E-state index in [0.29, 0.717) is 6.42 Å². The summed E-state index contributed by atoms with van der Waals surface area (Å²) in [7, 11) is -3.63. The molecular formula is C14H17NO3S. The number of nitrogens with one attached hydrogen (secondary N) is 1. The van der Waals surface area contributed by atoms with Gasteiger partial charge < -0.3 is 4.98 Å². The molecule has 0 amide bonds. The molecule has 0 bridgehead atoms. The topological polar surface area (TPSA) is 59.2 Å². The summed E-state index contributed by atoms with van der Waals surface area (Å²) in [5, 5.41) is 0. The summed E-state index contributed by atoms with van der Waals surface area (Å²) in [6.45, 7) is 2.10. The zero-order chi connectivity index (χ0) is 13.7. The van der Waals surface area contributed by atoms with Crippen molar-refractivity contribution in [2.24, 2.45) is 0 Å². The lowest BCUT2D eigenvalue weighted by molar-refractivity contribution is 0.312. The molecule has 0 unspecified atom stereocenters. The number of hydrogen-bond donors (Lipinski definition) is 1. The van der Waals surface area contributed by atoms with Gasteiger partial charge in [-0.1, -0.05) is 17.7 Å². The molecule has 0 fully saturated rings. The fraction of sp³-hybridized carbons (Fsp3) is 0.286. The molecule has 0 aliphatic carbocycles. The van der Waals surface area contributed by atoms with Crippen LogP contribution in [0.4, 0.5) is 0 Å². The molecule has 0 aliphatic rings. The minimum atomic E-state index is -3.63. The van der Waals surface area contributed by atoms with Gasteiger partial charge in [-0.25, -0.2) is 0 Å². The largest absolute Gasteiger partial charge is 0.365 e. The van der Waals surface area contributed by atoms with Gasteiger partial charge in [-0.05, 0) is 44.0 Å². The maximum atomic E-state index is 11.9. The highest BCUT2D eigenvalue weighted by Gasteiger charge is 2.14. The minimum Gasteiger partial charge on any atom is -0.365 e. The van der Waals surface area contributed by atoms with Gasteiger partial charge >= 0.3 is 0 Å². The van der Waals surface area contributed by atoms with E-state index in [1.165, 1.54) is 0 Å². The summed E-state index contributed by atoms with van der Waals surface area (Å²) in [6, 6.07) is 10.5. The Bertz CT molecular complexity index is 601. The lowest BCUT2D eigenvalue weighted by atomic mass is 10.2. The summed E-state index contributed by atoms with van der Waals surface area (Å²) < 4.78 is 28.8. The van der Waals surface area contributed by atoms with Crippen molar-refractivity contribution >= 4 is 10.1 Å². The van der Waals surface area contributed by atoms with E-state index in [9.17, 15) is 8.42 Å². The first kappa shape index (κ1) is 13.8. The van der Waals surface area contributed by atoms with E-state index in [0.717, 1.165) is 17.7 Å². The highest BCUT2D eigenvalue weighted by molar-refractivity contribution is 7.86. The van der Waals surface area contributed by atoms with Gasteiger partial charge in [-0.2, -0.15) is 8.42 Å². The number of H-pyrrole nitrogens is 1. The van der Waals surface area contributed by atoms with Crippen LogP contribution >= 0.6 is 0 Å². The van der Waals surface area contributed by atoms with E-state index in [-0.39, 0.29) is 11.5 Å². The smallest absolute Gasteiger partial charge is 0.296 e. The molecule has 102 valence electrons. The van der Waals surface area contributed by atoms with Crippen LogP contribution in [-0.2, 0) is 20.7 Å². The third-order valence-electron chi connectivity index (χ3n) is 2.80. The number of rotatable bonds is 6. The molecule has 1 heterocycles. The molecule has 1 aromatic heterocycles. The van der Waals surface area contributed by atoms with Crippen LogP contribution in [0.5, 0.6) is 0 Å². The minimum absolute atomic E-state index is 0.190. The van der Waals surface area contributed by atoms with Crippen molar-refractivity contribution in [3.8, 4) is 0 Å². The van der Waals surface area contributed by atoms with E-state index in [1.54, 1.807) is 24.3 Å². The molecule has 19 heavy (non-hydrogen) atoms. The van der Waals surface area contributed by atoms with Gasteiger partial charge in [-0.3, -0.25) is 4.18 Å². The van der Waals surface area contributed by atoms with Gasteiger partial charge in [0, 0.05) is 11.9 Å². The molecule has 0 aliphatic heterocycles. The standard InChI is InChI=1S/C14H17NO3S/c1-12-6-8-14(9-7-12)19(16,17)18-11-3-5-13-4-2-10-15-13/h2,4,6-10,15H,3,5,11H2,1H3. The van der Waals surface area contributed by atoms with Crippen LogP contribution in [0, 0.1) is 6.92 Å². The van der Waals surface area contributed by atoms with Crippen molar-refractivity contribution < 1.29 is 12.6 Å². The van der Waals surface area contributed by atoms with Crippen molar-refractivity contribution in [1.29, 1.82) is 0 Å². The van der Waals surface area contributed by atoms with Crippen LogP contribution in [0.1, 0.15) is 17.7 Å². The maximum Gasteiger partial charge on any atom is 0.296 e. The number of aromatic nitrogens is 1. The maximum absolute atomic E-state index is 11.9. The summed E-state index contributed by atoms with van der Waals surface area (Å²) in [5.41, 5.74) is 2.10. The van der Waals surface area contributed by atoms with E-state index in [1.807, 2.05) is 25.3 Å². The van der Waals surface area contributed by atoms with Crippen molar-refractivity contribution in [2.75, 3.05) is 6.61 Å². The Morgan fingerprint density at radius 3 is 2.53 bits per heavy atom. The zero-order valence-corrected chi connectivity index (χ0v) is 11.6. The second-order valence-corrected chi connectivity index (χ2v) is 6.00. The lowest BCUT2D eigenvalue weighted by Gasteiger charge is -2.05. The van der Waals surface area contributed by atoms with Crippen molar-refractivity contribution in [1.82, 2.24) is 4.98 Å². The second kappa shape index (κ2) is 6.04. The second-order valence-electron chi connectivity index (χ2n) is 4.39. The van der Waals surface area contributed by atoms with Gasteiger partial charge in [0.25, 0.3) is 10.1 Å². The molecule has 0 atom stereocenters. The average Bonchev–Trinajstić information content (AvgIpc) is 2.88. The predicted octanol–water partition coefficient (Wildman–Crippen LogP) is 2.66. The van der Waals surface area contributed by atoms with Crippen molar-refractivity contribution in [3.63, 3.8) is 0 Å². The number of aromatic amines is 1. The fourth-order valence-electron chi connectivity index (χ4n) is 1.73. The molecule has 0 spiro atoms. The van der Waals surface area contributed by atoms with Crippen LogP contribution in [0.25, 0.3) is 0 Å². The highest BCUT2D eigenvalue weighted by atomic mass is 32.2. The molecule has 5 heteroatoms. The predicted molar refractivity (Wildman–Crippen MR) is 73.4 cm³/mol. The van der Waals surface area contributed by atoms with Crippen LogP contribution in [0.15, 0.2) is 47.5 Å². The van der Waals surface area contributed by atoms with Crippen molar-refractivity contribution in [2.45, 2.75) is 24.7 Å². The van der Waals surface area contributed by atoms with E-state index in [4.69, 9.17) is 4.18 Å². The molecule has 0 saturated carbocycles. The monoisotopic (exact) mass is 279 g/mol. The number of benzene rings is 1. The van der Waals surface area contributed by atoms with Crippen LogP contribution in [-0.4, -0.2) is 20.0 Å². The molecule has 0 radical (unpaired) electrons. The first-order valence-electron chi connectivity index (χ1n) is 6.16. The molecule has 1 aromatic carbocycles. The Morgan fingerprint density at radius 2 is 1.89 bits per heavy atom. The quantitative estimate of drug-likeness (QED) is 0.653. The van der Waals surface area contributed by atoms with E-state index < -0.39 is 10.1 Å². The average molecular weight is 279 g/mol. The third-order valence-corrected chi connectivity index (χ3v) is 4.13. The Balaban J connectivity index is 1.86. The molecule has 2 rings (SSSR count). The molecule has 1 N–H and O–H groups in total. The van der Waals surface area contributed by atoms with E-state index in [2.05, 4.69) is 4.98 Å². The van der Waals surface area contributed by atoms with Crippen LogP contribution in [0.2, 0.25) is 0 Å². The normalized spacial score (nSPS) is 11.6. The van der Waals surface area contributed by atoms with Gasteiger partial charge in [0.1, 0.15) is 0 Å². The molecule has 2 aromatic rings. The highest BCUT2D eigenvalue weighted by Crippen LogP contribution is 2.13.